The number of sulfonamides is 3. The largest absolute Gasteiger partial charge is 0.494 e. The monoisotopic (exact) mass is 1900 g/mol. The van der Waals surface area contributed by atoms with Crippen molar-refractivity contribution < 1.29 is 77.8 Å². The van der Waals surface area contributed by atoms with Crippen LogP contribution in [0.3, 0.4) is 0 Å². The van der Waals surface area contributed by atoms with Gasteiger partial charge in [-0.2, -0.15) is 13.5 Å². The van der Waals surface area contributed by atoms with Crippen LogP contribution in [0.4, 0.5) is 0 Å². The van der Waals surface area contributed by atoms with Gasteiger partial charge in [-0.1, -0.05) is 130 Å². The number of furan rings is 1. The van der Waals surface area contributed by atoms with Gasteiger partial charge in [0.05, 0.1) is 48.1 Å². The van der Waals surface area contributed by atoms with Gasteiger partial charge in [0.25, 0.3) is 39.6 Å². The number of Topliss-reactive ketones (excluding diaryl/α,β-unsaturated/α-hetero) is 1. The standard InChI is InChI=1S/C36H38Cl2N4O5S.C31H29Cl2N3O6S.C25H24Cl2N2O6S/c1-23-19-29(20-24(2)34(23)38)47-17-8-12-31-30-16-13-26(37)21-33(30)39-35(31)36(44)42-48(45,46)18-7-6-11-28(43)15-14-27-22-32(41-40-27)25-9-4-3-5-10-25;1-18-15-21(16-19(2)27(18)33)42-13-5-9-23-22-11-10-20(32)17-26(22)34-28(23)29(37)35-43(40,41)14-6-12-36-30(38)24-7-3-4-8-25(24)31(36)39;1-14-10-18(11-15(2)23(14)27)34-9-3-4-20-19-7-5-16(26)12-21(19)28-24(20)25(31)29-36(32,33)22-8-6-17(13-30)35-22/h3-5,9-10,13,16,19-22,39H,6-8,11-12,14-15,17-18H2,1-2H3,(H,40,41)(H,42,44);3-4,7-8,10-11,15-17,34H,5-6,9,12-14H2,1-2H3,(H,35,37);5-8,10-12,28,30H,3-4,9,13H2,1-2H3,(H,29,31). The van der Waals surface area contributed by atoms with Crippen molar-refractivity contribution >= 4 is 168 Å². The van der Waals surface area contributed by atoms with E-state index in [0.29, 0.717) is 169 Å². The lowest BCUT2D eigenvalue weighted by Gasteiger charge is -2.14. The first-order valence-electron chi connectivity index (χ1n) is 40.5. The Morgan fingerprint density at radius 1 is 0.449 bits per heavy atom. The summed E-state index contributed by atoms with van der Waals surface area (Å²) < 4.78 is 106. The summed E-state index contributed by atoms with van der Waals surface area (Å²) in [6.45, 7) is 12.0. The highest BCUT2D eigenvalue weighted by Crippen LogP contribution is 2.35. The molecule has 1 aliphatic rings. The number of aliphatic hydroxyl groups is 1. The molecule has 14 rings (SSSR count). The van der Waals surface area contributed by atoms with Gasteiger partial charge < -0.3 is 38.7 Å². The number of carbonyl (C=O) groups excluding carboxylic acids is 6. The number of benzene rings is 8. The van der Waals surface area contributed by atoms with Crippen molar-refractivity contribution in [2.24, 2.45) is 0 Å². The molecule has 0 radical (unpaired) electrons. The highest BCUT2D eigenvalue weighted by atomic mass is 35.5. The second-order valence-electron chi connectivity index (χ2n) is 30.6. The molecule has 5 amide bonds. The summed E-state index contributed by atoms with van der Waals surface area (Å²) in [5.74, 6) is -1.86. The highest BCUT2D eigenvalue weighted by Gasteiger charge is 2.36. The molecule has 0 saturated heterocycles. The summed E-state index contributed by atoms with van der Waals surface area (Å²) >= 11 is 37.2. The maximum Gasteiger partial charge on any atom is 0.297 e. The zero-order valence-electron chi connectivity index (χ0n) is 69.9. The molecule has 26 nitrogen and oxygen atoms in total. The number of ketones is 1. The van der Waals surface area contributed by atoms with Gasteiger partial charge >= 0.3 is 0 Å². The third kappa shape index (κ3) is 24.5. The molecule has 0 unspecified atom stereocenters. The van der Waals surface area contributed by atoms with Gasteiger partial charge in [-0.05, 0) is 259 Å². The number of nitrogens with zero attached hydrogens (tertiary/aromatic N) is 2. The van der Waals surface area contributed by atoms with Gasteiger partial charge in [-0.3, -0.25) is 38.8 Å². The Morgan fingerprint density at radius 2 is 0.843 bits per heavy atom. The van der Waals surface area contributed by atoms with Crippen molar-refractivity contribution in [3.05, 3.63) is 284 Å². The summed E-state index contributed by atoms with van der Waals surface area (Å²) in [6.07, 6.45) is 4.72. The van der Waals surface area contributed by atoms with E-state index in [2.05, 4.69) is 34.6 Å². The van der Waals surface area contributed by atoms with E-state index < -0.39 is 77.1 Å². The number of unbranched alkanes of at least 4 members (excludes halogenated alkanes) is 1. The van der Waals surface area contributed by atoms with E-state index in [1.54, 1.807) is 72.8 Å². The Morgan fingerprint density at radius 3 is 1.24 bits per heavy atom. The van der Waals surface area contributed by atoms with Gasteiger partial charge in [0.15, 0.2) is 0 Å². The van der Waals surface area contributed by atoms with Gasteiger partial charge in [0, 0.05) is 93.5 Å². The number of rotatable bonds is 36. The smallest absolute Gasteiger partial charge is 0.297 e. The number of aromatic amines is 4. The van der Waals surface area contributed by atoms with E-state index in [0.717, 1.165) is 71.4 Å². The average molecular weight is 1900 g/mol. The zero-order valence-corrected chi connectivity index (χ0v) is 76.9. The molecular formula is C92H91Cl6N9O17S3. The summed E-state index contributed by atoms with van der Waals surface area (Å²) in [5.41, 5.74) is 12.9. The molecule has 8 aromatic carbocycles. The summed E-state index contributed by atoms with van der Waals surface area (Å²) in [5, 5.41) is 21.8. The number of carbonyl (C=O) groups is 6. The van der Waals surface area contributed by atoms with Crippen LogP contribution in [0.2, 0.25) is 30.1 Å². The molecule has 13 aromatic rings. The Kier molecular flexibility index (Phi) is 31.7. The van der Waals surface area contributed by atoms with Gasteiger partial charge in [0.1, 0.15) is 52.5 Å². The predicted molar refractivity (Wildman–Crippen MR) is 494 cm³/mol. The van der Waals surface area contributed by atoms with Crippen LogP contribution in [0.5, 0.6) is 17.2 Å². The Hall–Kier alpha value is -11.0. The Labute approximate surface area is 764 Å². The van der Waals surface area contributed by atoms with Gasteiger partial charge in [-0.15, -0.1) is 0 Å². The number of ether oxygens (including phenoxy) is 3. The molecule has 0 bridgehead atoms. The molecule has 1 aliphatic heterocycles. The Bertz CT molecular complexity index is 6580. The van der Waals surface area contributed by atoms with Crippen molar-refractivity contribution in [2.75, 3.05) is 37.9 Å². The van der Waals surface area contributed by atoms with Gasteiger partial charge in [0.2, 0.25) is 25.1 Å². The molecule has 0 aliphatic carbocycles. The lowest BCUT2D eigenvalue weighted by molar-refractivity contribution is -0.119. The van der Waals surface area contributed by atoms with E-state index in [1.165, 1.54) is 12.1 Å². The molecule has 5 aromatic heterocycles. The third-order valence-electron chi connectivity index (χ3n) is 21.0. The maximum atomic E-state index is 13.3. The van der Waals surface area contributed by atoms with Crippen LogP contribution in [0.15, 0.2) is 173 Å². The normalized spacial score (nSPS) is 12.1. The lowest BCUT2D eigenvalue weighted by Crippen LogP contribution is -2.36. The fourth-order valence-electron chi connectivity index (χ4n) is 14.7. The fraction of sp³-hybridized carbons (Fsp3) is 0.272. The van der Waals surface area contributed by atoms with Crippen LogP contribution in [-0.4, -0.2) is 134 Å². The first-order chi connectivity index (χ1) is 60.5. The van der Waals surface area contributed by atoms with Crippen molar-refractivity contribution in [1.29, 1.82) is 0 Å². The molecule has 0 saturated carbocycles. The average Bonchev–Trinajstić information content (AvgIpc) is 1.64. The van der Waals surface area contributed by atoms with Crippen LogP contribution in [0.25, 0.3) is 44.0 Å². The number of aryl methyl sites for hydroxylation is 10. The molecule has 666 valence electrons. The number of fused-ring (bicyclic) bond motifs is 4. The number of hydrogen-bond donors (Lipinski definition) is 8. The number of nitrogens with one attached hydrogen (secondary N) is 7. The zero-order chi connectivity index (χ0) is 91.2. The molecule has 0 atom stereocenters. The van der Waals surface area contributed by atoms with Crippen LogP contribution >= 0.6 is 69.6 Å². The molecular weight excluding hydrogens is 1810 g/mol. The second kappa shape index (κ2) is 42.3. The maximum absolute atomic E-state index is 13.3. The van der Waals surface area contributed by atoms with Crippen molar-refractivity contribution in [3.8, 4) is 28.5 Å². The number of halogens is 6. The van der Waals surface area contributed by atoms with E-state index in [9.17, 15) is 54.0 Å². The third-order valence-corrected chi connectivity index (χ3v) is 27.3. The quantitative estimate of drug-likeness (QED) is 0.0134. The lowest BCUT2D eigenvalue weighted by atomic mass is 10.1. The first-order valence-corrected chi connectivity index (χ1v) is 47.6. The summed E-state index contributed by atoms with van der Waals surface area (Å²) in [4.78, 5) is 87.3. The number of aromatic nitrogens is 5. The number of aliphatic hydroxyl groups excluding tert-OH is 1. The molecule has 127 heavy (non-hydrogen) atoms. The number of hydrogen-bond acceptors (Lipinski definition) is 18. The fourth-order valence-corrected chi connectivity index (χ4v) is 18.6. The van der Waals surface area contributed by atoms with Crippen LogP contribution < -0.4 is 28.4 Å². The highest BCUT2D eigenvalue weighted by molar-refractivity contribution is 7.90. The molecule has 35 heteroatoms. The minimum atomic E-state index is -4.29. The van der Waals surface area contributed by atoms with E-state index in [-0.39, 0.29) is 60.2 Å². The minimum Gasteiger partial charge on any atom is -0.494 e. The molecule has 0 spiro atoms. The number of amides is 5. The summed E-state index contributed by atoms with van der Waals surface area (Å²) in [6, 6.07) is 47.4. The second-order valence-corrected chi connectivity index (χ2v) is 38.3. The number of imide groups is 1. The van der Waals surface area contributed by atoms with E-state index >= 15 is 0 Å². The van der Waals surface area contributed by atoms with Gasteiger partial charge in [-0.25, -0.2) is 31.0 Å². The van der Waals surface area contributed by atoms with Crippen LogP contribution in [0, 0.1) is 41.5 Å². The van der Waals surface area contributed by atoms with Crippen LogP contribution in [0.1, 0.15) is 165 Å². The van der Waals surface area contributed by atoms with Crippen molar-refractivity contribution in [1.82, 2.24) is 44.2 Å². The van der Waals surface area contributed by atoms with E-state index in [1.807, 2.05) is 125 Å². The molecule has 0 fully saturated rings. The summed E-state index contributed by atoms with van der Waals surface area (Å²) in [7, 11) is -12.3. The number of H-pyrrole nitrogens is 4. The van der Waals surface area contributed by atoms with Crippen LogP contribution in [-0.2, 0) is 67.2 Å². The topological polar surface area (TPSA) is 381 Å². The molecule has 8 N–H and O–H groups in total. The predicted octanol–water partition coefficient (Wildman–Crippen LogP) is 19.1. The van der Waals surface area contributed by atoms with Crippen molar-refractivity contribution in [2.45, 2.75) is 130 Å². The molecule has 6 heterocycles. The SMILES string of the molecule is Cc1cc(OCCCc2c(C(=O)NS(=O)(=O)CCCCC(=O)CCc3cc(-c4ccccc4)n[nH]3)[nH]c3cc(Cl)ccc23)cc(C)c1Cl.Cc1cc(OCCCc2c(C(=O)NS(=O)(=O)CCCN3C(=O)c4ccccc4C3=O)[nH]c3cc(Cl)ccc23)cc(C)c1Cl.Cc1cc(OCCCc2c(C(=O)NS(=O)(=O)c3ccc(CO)o3)[nH]c3cc(Cl)ccc23)cc(C)c1Cl. The minimum absolute atomic E-state index is 0.0375. The first kappa shape index (κ1) is 95.2. The van der Waals surface area contributed by atoms with E-state index in [4.69, 9.17) is 93.3 Å². The van der Waals surface area contributed by atoms with Crippen molar-refractivity contribution in [3.63, 3.8) is 0 Å². The Balaban J connectivity index is 0.000000175.